The number of nitrogens with zero attached hydrogens (tertiary/aromatic N) is 4. The predicted octanol–water partition coefficient (Wildman–Crippen LogP) is 2.93. The number of carbonyl (C=O) groups is 1. The predicted molar refractivity (Wildman–Crippen MR) is 89.9 cm³/mol. The number of hydrogen-bond acceptors (Lipinski definition) is 6. The van der Waals surface area contributed by atoms with Crippen LogP contribution < -0.4 is 0 Å². The van der Waals surface area contributed by atoms with E-state index in [0.29, 0.717) is 24.0 Å². The fraction of sp³-hybridized carbons (Fsp3) is 0.611. The molecule has 4 rings (SSSR count). The van der Waals surface area contributed by atoms with Gasteiger partial charge in [0.25, 0.3) is 5.91 Å². The van der Waals surface area contributed by atoms with Crippen LogP contribution in [-0.4, -0.2) is 45.5 Å². The Morgan fingerprint density at radius 2 is 2.00 bits per heavy atom. The van der Waals surface area contributed by atoms with Crippen LogP contribution in [0.5, 0.6) is 0 Å². The van der Waals surface area contributed by atoms with E-state index in [1.54, 1.807) is 13.0 Å². The maximum Gasteiger partial charge on any atom is 0.290 e. The fourth-order valence-electron chi connectivity index (χ4n) is 3.76. The van der Waals surface area contributed by atoms with Crippen molar-refractivity contribution in [2.45, 2.75) is 51.6 Å². The van der Waals surface area contributed by atoms with E-state index in [-0.39, 0.29) is 11.9 Å². The van der Waals surface area contributed by atoms with Gasteiger partial charge in [0.05, 0.1) is 6.54 Å². The molecule has 0 aromatic carbocycles. The molecule has 2 aromatic rings. The molecule has 1 atom stereocenters. The Balaban J connectivity index is 1.49. The van der Waals surface area contributed by atoms with Gasteiger partial charge in [0.15, 0.2) is 11.6 Å². The molecule has 2 aromatic heterocycles. The summed E-state index contributed by atoms with van der Waals surface area (Å²) in [6.07, 6.45) is 5.36. The maximum atomic E-state index is 13.0. The Labute approximate surface area is 147 Å². The first kappa shape index (κ1) is 16.3. The van der Waals surface area contributed by atoms with Crippen LogP contribution >= 0.6 is 0 Å². The molecule has 1 unspecified atom stereocenters. The number of hydrogen-bond donors (Lipinski definition) is 0. The van der Waals surface area contributed by atoms with Crippen molar-refractivity contribution in [3.63, 3.8) is 0 Å². The summed E-state index contributed by atoms with van der Waals surface area (Å²) in [4.78, 5) is 21.5. The van der Waals surface area contributed by atoms with Gasteiger partial charge in [0.1, 0.15) is 11.8 Å². The summed E-state index contributed by atoms with van der Waals surface area (Å²) in [5, 5.41) is 3.87. The zero-order valence-electron chi connectivity index (χ0n) is 14.6. The molecular formula is C18H24N4O3. The zero-order valence-corrected chi connectivity index (χ0v) is 14.6. The molecule has 7 heteroatoms. The van der Waals surface area contributed by atoms with Crippen LogP contribution in [0.25, 0.3) is 0 Å². The smallest absolute Gasteiger partial charge is 0.290 e. The van der Waals surface area contributed by atoms with Crippen molar-refractivity contribution in [1.29, 1.82) is 0 Å². The van der Waals surface area contributed by atoms with Crippen LogP contribution in [0, 0.1) is 6.92 Å². The molecule has 1 amide bonds. The Morgan fingerprint density at radius 3 is 2.76 bits per heavy atom. The summed E-state index contributed by atoms with van der Waals surface area (Å²) in [5.41, 5.74) is 0. The molecule has 2 aliphatic heterocycles. The molecule has 0 saturated carbocycles. The first-order valence-corrected chi connectivity index (χ1v) is 9.13. The van der Waals surface area contributed by atoms with Gasteiger partial charge in [0.2, 0.25) is 5.89 Å². The van der Waals surface area contributed by atoms with Gasteiger partial charge in [-0.3, -0.25) is 9.69 Å². The van der Waals surface area contributed by atoms with Crippen molar-refractivity contribution >= 4 is 5.91 Å². The number of aromatic nitrogens is 2. The third-order valence-corrected chi connectivity index (χ3v) is 5.04. The molecule has 0 aliphatic carbocycles. The summed E-state index contributed by atoms with van der Waals surface area (Å²) in [6.45, 7) is 5.47. The average Bonchev–Trinajstić information content (AvgIpc) is 3.37. The molecule has 2 aliphatic rings. The van der Waals surface area contributed by atoms with E-state index >= 15 is 0 Å². The summed E-state index contributed by atoms with van der Waals surface area (Å²) >= 11 is 0. The van der Waals surface area contributed by atoms with Crippen LogP contribution in [0.15, 0.2) is 21.1 Å². The second-order valence-corrected chi connectivity index (χ2v) is 6.94. The lowest BCUT2D eigenvalue weighted by Gasteiger charge is -2.32. The minimum atomic E-state index is -0.158. The number of aryl methyl sites for hydroxylation is 1. The number of furan rings is 1. The van der Waals surface area contributed by atoms with Crippen molar-refractivity contribution in [2.75, 3.05) is 19.6 Å². The highest BCUT2D eigenvalue weighted by Gasteiger charge is 2.33. The number of carbonyl (C=O) groups excluding carboxylic acids is 1. The van der Waals surface area contributed by atoms with Crippen LogP contribution in [0.4, 0.5) is 0 Å². The van der Waals surface area contributed by atoms with Crippen LogP contribution in [0.3, 0.4) is 0 Å². The van der Waals surface area contributed by atoms with Crippen molar-refractivity contribution in [3.05, 3.63) is 35.4 Å². The summed E-state index contributed by atoms with van der Waals surface area (Å²) in [6, 6.07) is 3.55. The van der Waals surface area contributed by atoms with Crippen molar-refractivity contribution in [2.24, 2.45) is 0 Å². The Kier molecular flexibility index (Phi) is 4.57. The first-order chi connectivity index (χ1) is 12.2. The van der Waals surface area contributed by atoms with Crippen molar-refractivity contribution < 1.29 is 13.7 Å². The number of piperidine rings is 1. The molecular weight excluding hydrogens is 320 g/mol. The lowest BCUT2D eigenvalue weighted by Crippen LogP contribution is -2.38. The minimum absolute atomic E-state index is 0.0896. The van der Waals surface area contributed by atoms with E-state index in [1.165, 1.54) is 12.8 Å². The molecule has 2 saturated heterocycles. The normalized spacial score (nSPS) is 21.8. The lowest BCUT2D eigenvalue weighted by atomic mass is 10.0. The van der Waals surface area contributed by atoms with Crippen molar-refractivity contribution in [1.82, 2.24) is 19.9 Å². The van der Waals surface area contributed by atoms with Gasteiger partial charge < -0.3 is 13.8 Å². The lowest BCUT2D eigenvalue weighted by molar-refractivity contribution is 0.0526. The topological polar surface area (TPSA) is 75.6 Å². The van der Waals surface area contributed by atoms with E-state index < -0.39 is 0 Å². The maximum absolute atomic E-state index is 13.0. The highest BCUT2D eigenvalue weighted by atomic mass is 16.5. The summed E-state index contributed by atoms with van der Waals surface area (Å²) in [7, 11) is 0. The zero-order chi connectivity index (χ0) is 17.2. The molecule has 134 valence electrons. The van der Waals surface area contributed by atoms with Crippen LogP contribution in [-0.2, 0) is 6.54 Å². The van der Waals surface area contributed by atoms with Gasteiger partial charge in [0, 0.05) is 6.54 Å². The molecule has 4 heterocycles. The van der Waals surface area contributed by atoms with Gasteiger partial charge in [-0.2, -0.15) is 4.98 Å². The fourth-order valence-corrected chi connectivity index (χ4v) is 3.76. The van der Waals surface area contributed by atoms with Gasteiger partial charge >= 0.3 is 0 Å². The number of amides is 1. The molecule has 25 heavy (non-hydrogen) atoms. The monoisotopic (exact) mass is 344 g/mol. The Hall–Kier alpha value is -2.15. The van der Waals surface area contributed by atoms with E-state index in [0.717, 1.165) is 44.7 Å². The Morgan fingerprint density at radius 1 is 1.20 bits per heavy atom. The third-order valence-electron chi connectivity index (χ3n) is 5.04. The summed E-state index contributed by atoms with van der Waals surface area (Å²) in [5.74, 6) is 2.28. The second-order valence-electron chi connectivity index (χ2n) is 6.94. The van der Waals surface area contributed by atoms with E-state index in [9.17, 15) is 4.79 Å². The van der Waals surface area contributed by atoms with E-state index in [4.69, 9.17) is 8.94 Å². The van der Waals surface area contributed by atoms with Gasteiger partial charge in [-0.15, -0.1) is 0 Å². The number of rotatable bonds is 4. The largest absolute Gasteiger partial charge is 0.455 e. The molecule has 0 radical (unpaired) electrons. The third kappa shape index (κ3) is 3.46. The minimum Gasteiger partial charge on any atom is -0.455 e. The molecule has 2 fully saturated rings. The van der Waals surface area contributed by atoms with Gasteiger partial charge in [-0.1, -0.05) is 5.16 Å². The molecule has 7 nitrogen and oxygen atoms in total. The van der Waals surface area contributed by atoms with Gasteiger partial charge in [-0.25, -0.2) is 0 Å². The van der Waals surface area contributed by atoms with Crippen LogP contribution in [0.1, 0.15) is 66.2 Å². The standard InChI is InChI=1S/C18H24N4O3/c1-13-19-17(25-20-13)15-6-2-3-11-22(15)18(23)16-8-7-14(24-16)12-21-9-4-5-10-21/h7-8,15H,2-6,9-12H2,1H3. The average molecular weight is 344 g/mol. The quantitative estimate of drug-likeness (QED) is 0.849. The second kappa shape index (κ2) is 7.00. The highest BCUT2D eigenvalue weighted by Crippen LogP contribution is 2.31. The number of likely N-dealkylation sites (tertiary alicyclic amines) is 2. The molecule has 0 spiro atoms. The molecule has 0 bridgehead atoms. The summed E-state index contributed by atoms with van der Waals surface area (Å²) < 4.78 is 11.2. The Bertz CT molecular complexity index is 732. The van der Waals surface area contributed by atoms with E-state index in [2.05, 4.69) is 15.0 Å². The molecule has 0 N–H and O–H groups in total. The van der Waals surface area contributed by atoms with Crippen LogP contribution in [0.2, 0.25) is 0 Å². The van der Waals surface area contributed by atoms with Gasteiger partial charge in [-0.05, 0) is 64.3 Å². The van der Waals surface area contributed by atoms with Crippen molar-refractivity contribution in [3.8, 4) is 0 Å². The first-order valence-electron chi connectivity index (χ1n) is 9.13. The van der Waals surface area contributed by atoms with E-state index in [1.807, 2.05) is 11.0 Å². The highest BCUT2D eigenvalue weighted by molar-refractivity contribution is 5.91. The SMILES string of the molecule is Cc1noc(C2CCCCN2C(=O)c2ccc(CN3CCCC3)o2)n1.